The lowest BCUT2D eigenvalue weighted by atomic mass is 10.1. The molecule has 0 aliphatic heterocycles. The van der Waals surface area contributed by atoms with Crippen LogP contribution in [0.3, 0.4) is 0 Å². The minimum atomic E-state index is -5.12. The van der Waals surface area contributed by atoms with Crippen molar-refractivity contribution >= 4 is 25.9 Å². The number of benzene rings is 1. The van der Waals surface area contributed by atoms with Crippen LogP contribution in [0, 0.1) is 0 Å². The van der Waals surface area contributed by atoms with Crippen LogP contribution in [0.2, 0.25) is 0 Å². The first kappa shape index (κ1) is 13.9. The Hall–Kier alpha value is -1.16. The number of para-hydroxylation sites is 1. The van der Waals surface area contributed by atoms with E-state index in [9.17, 15) is 16.8 Å². The van der Waals surface area contributed by atoms with Gasteiger partial charge in [-0.2, -0.15) is 16.8 Å². The molecule has 96 valence electrons. The number of hydrogen-bond donors (Lipinski definition) is 3. The van der Waals surface area contributed by atoms with E-state index in [0.717, 1.165) is 6.07 Å². The van der Waals surface area contributed by atoms with Gasteiger partial charge < -0.3 is 5.73 Å². The Bertz CT molecular complexity index is 602. The van der Waals surface area contributed by atoms with Gasteiger partial charge in [0.25, 0.3) is 20.2 Å². The smallest absolute Gasteiger partial charge is 0.291 e. The highest BCUT2D eigenvalue weighted by Gasteiger charge is 2.52. The van der Waals surface area contributed by atoms with Crippen LogP contribution in [-0.4, -0.2) is 25.9 Å². The summed E-state index contributed by atoms with van der Waals surface area (Å²) in [5.41, 5.74) is 4.86. The van der Waals surface area contributed by atoms with Gasteiger partial charge in [0.1, 0.15) is 0 Å². The van der Waals surface area contributed by atoms with E-state index in [1.54, 1.807) is 0 Å². The third-order valence-corrected chi connectivity index (χ3v) is 6.11. The highest BCUT2D eigenvalue weighted by molar-refractivity contribution is 8.04. The Morgan fingerprint density at radius 1 is 1.06 bits per heavy atom. The van der Waals surface area contributed by atoms with Crippen LogP contribution < -0.4 is 5.73 Å². The topological polar surface area (TPSA) is 135 Å². The van der Waals surface area contributed by atoms with Crippen molar-refractivity contribution in [1.82, 2.24) is 0 Å². The van der Waals surface area contributed by atoms with Crippen LogP contribution >= 0.6 is 0 Å². The van der Waals surface area contributed by atoms with Crippen LogP contribution in [0.25, 0.3) is 0 Å². The average molecular weight is 281 g/mol. The minimum absolute atomic E-state index is 0.176. The van der Waals surface area contributed by atoms with E-state index in [2.05, 4.69) is 0 Å². The fraction of sp³-hybridized carbons (Fsp3) is 0.250. The summed E-state index contributed by atoms with van der Waals surface area (Å²) in [5, 5.41) is 0. The Balaban J connectivity index is 3.78. The summed E-state index contributed by atoms with van der Waals surface area (Å²) in [6.45, 7) is 0.656. The normalized spacial score (nSPS) is 13.6. The number of nitrogen functional groups attached to an aromatic ring is 1. The molecule has 0 unspecified atom stereocenters. The van der Waals surface area contributed by atoms with Crippen LogP contribution in [-0.2, 0) is 24.3 Å². The van der Waals surface area contributed by atoms with Gasteiger partial charge in [0, 0.05) is 11.3 Å². The Morgan fingerprint density at radius 3 is 1.82 bits per heavy atom. The van der Waals surface area contributed by atoms with Crippen molar-refractivity contribution in [3.05, 3.63) is 29.8 Å². The summed E-state index contributed by atoms with van der Waals surface area (Å²) in [4.78, 5) is 0. The molecule has 0 saturated heterocycles. The van der Waals surface area contributed by atoms with Gasteiger partial charge in [-0.25, -0.2) is 0 Å². The van der Waals surface area contributed by atoms with Crippen LogP contribution in [0.15, 0.2) is 24.3 Å². The van der Waals surface area contributed by atoms with Crippen molar-refractivity contribution in [2.45, 2.75) is 11.0 Å². The summed E-state index contributed by atoms with van der Waals surface area (Å²) in [5.74, 6) is 0. The van der Waals surface area contributed by atoms with E-state index in [-0.39, 0.29) is 5.69 Å². The van der Waals surface area contributed by atoms with E-state index in [1.165, 1.54) is 18.2 Å². The molecule has 1 aromatic carbocycles. The molecule has 0 aromatic heterocycles. The summed E-state index contributed by atoms with van der Waals surface area (Å²) in [7, 11) is -10.2. The zero-order valence-corrected chi connectivity index (χ0v) is 10.4. The van der Waals surface area contributed by atoms with E-state index in [0.29, 0.717) is 6.92 Å². The lowest BCUT2D eigenvalue weighted by Crippen LogP contribution is -2.40. The second-order valence-electron chi connectivity index (χ2n) is 3.48. The van der Waals surface area contributed by atoms with Gasteiger partial charge >= 0.3 is 0 Å². The monoisotopic (exact) mass is 281 g/mol. The summed E-state index contributed by atoms with van der Waals surface area (Å²) in [6, 6.07) is 5.13. The first-order chi connectivity index (χ1) is 7.52. The quantitative estimate of drug-likeness (QED) is 0.532. The lowest BCUT2D eigenvalue weighted by Gasteiger charge is -2.24. The Kier molecular flexibility index (Phi) is 3.23. The lowest BCUT2D eigenvalue weighted by molar-refractivity contribution is 0.431. The maximum Gasteiger partial charge on any atom is 0.291 e. The van der Waals surface area contributed by atoms with Crippen molar-refractivity contribution < 1.29 is 25.9 Å². The van der Waals surface area contributed by atoms with E-state index < -0.39 is 29.9 Å². The summed E-state index contributed by atoms with van der Waals surface area (Å²) < 4.78 is 60.0. The molecule has 0 saturated carbocycles. The molecule has 4 N–H and O–H groups in total. The molecule has 9 heteroatoms. The SMILES string of the molecule is CC(c1ccccc1N)(S(=O)(=O)O)S(=O)(=O)O. The molecule has 7 nitrogen and oxygen atoms in total. The van der Waals surface area contributed by atoms with Gasteiger partial charge in [0.15, 0.2) is 0 Å². The van der Waals surface area contributed by atoms with Crippen LogP contribution in [0.5, 0.6) is 0 Å². The molecular formula is C8H11NO6S2. The molecule has 0 spiro atoms. The molecule has 0 atom stereocenters. The molecule has 0 radical (unpaired) electrons. The van der Waals surface area contributed by atoms with Gasteiger partial charge in [-0.3, -0.25) is 9.11 Å². The van der Waals surface area contributed by atoms with Gasteiger partial charge in [-0.1, -0.05) is 18.2 Å². The first-order valence-electron chi connectivity index (χ1n) is 4.31. The minimum Gasteiger partial charge on any atom is -0.398 e. The van der Waals surface area contributed by atoms with Crippen molar-refractivity contribution in [2.75, 3.05) is 5.73 Å². The van der Waals surface area contributed by atoms with Crippen molar-refractivity contribution in [1.29, 1.82) is 0 Å². The third kappa shape index (κ3) is 2.14. The maximum absolute atomic E-state index is 11.2. The fourth-order valence-electron chi connectivity index (χ4n) is 1.32. The third-order valence-electron chi connectivity index (χ3n) is 2.43. The van der Waals surface area contributed by atoms with Gasteiger partial charge in [0.05, 0.1) is 0 Å². The van der Waals surface area contributed by atoms with Crippen molar-refractivity contribution in [3.63, 3.8) is 0 Å². The van der Waals surface area contributed by atoms with Crippen LogP contribution in [0.1, 0.15) is 12.5 Å². The van der Waals surface area contributed by atoms with E-state index >= 15 is 0 Å². The number of nitrogens with two attached hydrogens (primary N) is 1. The molecule has 0 fully saturated rings. The molecule has 17 heavy (non-hydrogen) atoms. The standard InChI is InChI=1S/C8H11NO6S2/c1-8(16(10,11)12,17(13,14)15)6-4-2-3-5-7(6)9/h2-5H,9H2,1H3,(H,10,11,12)(H,13,14,15). The molecular weight excluding hydrogens is 270 g/mol. The predicted octanol–water partition coefficient (Wildman–Crippen LogP) is 0.217. The van der Waals surface area contributed by atoms with Gasteiger partial charge in [-0.15, -0.1) is 0 Å². The van der Waals surface area contributed by atoms with Gasteiger partial charge in [-0.05, 0) is 13.0 Å². The van der Waals surface area contributed by atoms with Crippen molar-refractivity contribution in [3.8, 4) is 0 Å². The fourth-order valence-corrected chi connectivity index (χ4v) is 3.31. The number of rotatable bonds is 3. The highest BCUT2D eigenvalue weighted by atomic mass is 32.3. The summed E-state index contributed by atoms with van der Waals surface area (Å²) >= 11 is 0. The average Bonchev–Trinajstić information content (AvgIpc) is 2.13. The Morgan fingerprint density at radius 2 is 1.47 bits per heavy atom. The zero-order valence-electron chi connectivity index (χ0n) is 8.73. The molecule has 0 aliphatic rings. The first-order valence-corrected chi connectivity index (χ1v) is 7.19. The largest absolute Gasteiger partial charge is 0.398 e. The Labute approximate surface area is 98.8 Å². The molecule has 0 amide bonds. The van der Waals surface area contributed by atoms with Crippen molar-refractivity contribution in [2.24, 2.45) is 0 Å². The molecule has 1 aromatic rings. The summed E-state index contributed by atoms with van der Waals surface area (Å²) in [6.07, 6.45) is 0. The van der Waals surface area contributed by atoms with E-state index in [4.69, 9.17) is 14.8 Å². The van der Waals surface area contributed by atoms with Crippen LogP contribution in [0.4, 0.5) is 5.69 Å². The second-order valence-corrected chi connectivity index (χ2v) is 7.27. The molecule has 0 bridgehead atoms. The maximum atomic E-state index is 11.2. The molecule has 0 heterocycles. The predicted molar refractivity (Wildman–Crippen MR) is 61.3 cm³/mol. The zero-order chi connectivity index (χ0) is 13.5. The highest BCUT2D eigenvalue weighted by Crippen LogP contribution is 2.37. The van der Waals surface area contributed by atoms with E-state index in [1.807, 2.05) is 0 Å². The number of hydrogen-bond acceptors (Lipinski definition) is 5. The second kappa shape index (κ2) is 3.95. The number of anilines is 1. The molecule has 1 rings (SSSR count). The molecule has 0 aliphatic carbocycles. The van der Waals surface area contributed by atoms with Gasteiger partial charge in [0.2, 0.25) is 4.08 Å².